The summed E-state index contributed by atoms with van der Waals surface area (Å²) in [7, 11) is 0. The largest absolute Gasteiger partial charge is 0.494 e. The maximum Gasteiger partial charge on any atom is 0.419 e. The highest BCUT2D eigenvalue weighted by atomic mass is 16.5. The van der Waals surface area contributed by atoms with Crippen LogP contribution >= 0.6 is 0 Å². The van der Waals surface area contributed by atoms with E-state index in [1.54, 1.807) is 18.2 Å². The first-order valence-electron chi connectivity index (χ1n) is 9.27. The number of rotatable bonds is 10. The minimum Gasteiger partial charge on any atom is -0.494 e. The highest BCUT2D eigenvalue weighted by Crippen LogP contribution is 2.17. The Morgan fingerprint density at radius 3 is 2.46 bits per heavy atom. The number of carbonyl (C=O) groups excluding carboxylic acids is 1. The van der Waals surface area contributed by atoms with Gasteiger partial charge >= 0.3 is 11.7 Å². The van der Waals surface area contributed by atoms with Gasteiger partial charge < -0.3 is 18.6 Å². The van der Waals surface area contributed by atoms with Crippen LogP contribution in [0, 0.1) is 0 Å². The van der Waals surface area contributed by atoms with Crippen molar-refractivity contribution in [2.75, 3.05) is 19.8 Å². The van der Waals surface area contributed by atoms with Gasteiger partial charge in [-0.2, -0.15) is 0 Å². The van der Waals surface area contributed by atoms with Crippen LogP contribution in [0.4, 0.5) is 0 Å². The van der Waals surface area contributed by atoms with E-state index in [2.05, 4.69) is 0 Å². The number of carbonyl (C=O) groups is 1. The monoisotopic (exact) mass is 385 g/mol. The van der Waals surface area contributed by atoms with Crippen molar-refractivity contribution in [1.29, 1.82) is 0 Å². The third kappa shape index (κ3) is 5.16. The Bertz CT molecular complexity index is 957. The Kier molecular flexibility index (Phi) is 6.73. The number of esters is 1. The van der Waals surface area contributed by atoms with Crippen molar-refractivity contribution in [2.45, 2.75) is 26.3 Å². The number of nitrogens with zero attached hydrogens (tertiary/aromatic N) is 1. The SMILES string of the molecule is CCOc1ccc(OCCC(=O)OCCCn2c(=O)oc3ccccc32)cc1. The van der Waals surface area contributed by atoms with Crippen molar-refractivity contribution in [2.24, 2.45) is 0 Å². The first-order valence-corrected chi connectivity index (χ1v) is 9.27. The highest BCUT2D eigenvalue weighted by molar-refractivity contribution is 5.72. The Morgan fingerprint density at radius 1 is 1.00 bits per heavy atom. The third-order valence-corrected chi connectivity index (χ3v) is 4.07. The van der Waals surface area contributed by atoms with Gasteiger partial charge in [0.15, 0.2) is 5.58 Å². The summed E-state index contributed by atoms with van der Waals surface area (Å²) in [5.41, 5.74) is 1.29. The predicted molar refractivity (Wildman–Crippen MR) is 104 cm³/mol. The van der Waals surface area contributed by atoms with E-state index in [9.17, 15) is 9.59 Å². The first kappa shape index (κ1) is 19.5. The van der Waals surface area contributed by atoms with Crippen LogP contribution < -0.4 is 15.2 Å². The fraction of sp³-hybridized carbons (Fsp3) is 0.333. The Morgan fingerprint density at radius 2 is 1.71 bits per heavy atom. The molecule has 0 unspecified atom stereocenters. The average molecular weight is 385 g/mol. The molecule has 0 amide bonds. The van der Waals surface area contributed by atoms with Crippen LogP contribution in [0.3, 0.4) is 0 Å². The van der Waals surface area contributed by atoms with Crippen LogP contribution in [-0.4, -0.2) is 30.4 Å². The molecule has 2 aromatic carbocycles. The Hall–Kier alpha value is -3.22. The van der Waals surface area contributed by atoms with E-state index < -0.39 is 5.76 Å². The van der Waals surface area contributed by atoms with Crippen LogP contribution in [0.15, 0.2) is 57.7 Å². The molecular formula is C21H23NO6. The van der Waals surface area contributed by atoms with Gasteiger partial charge in [-0.25, -0.2) is 4.79 Å². The van der Waals surface area contributed by atoms with Gasteiger partial charge in [0.05, 0.1) is 31.8 Å². The molecule has 7 heteroatoms. The quantitative estimate of drug-likeness (QED) is 0.393. The van der Waals surface area contributed by atoms with Crippen molar-refractivity contribution in [3.63, 3.8) is 0 Å². The average Bonchev–Trinajstić information content (AvgIpc) is 3.02. The summed E-state index contributed by atoms with van der Waals surface area (Å²) in [6.45, 7) is 3.42. The van der Waals surface area contributed by atoms with Gasteiger partial charge in [-0.1, -0.05) is 12.1 Å². The van der Waals surface area contributed by atoms with E-state index in [-0.39, 0.29) is 25.6 Å². The summed E-state index contributed by atoms with van der Waals surface area (Å²) >= 11 is 0. The van der Waals surface area contributed by atoms with Gasteiger partial charge in [-0.05, 0) is 49.7 Å². The van der Waals surface area contributed by atoms with Crippen molar-refractivity contribution < 1.29 is 23.4 Å². The number of fused-ring (bicyclic) bond motifs is 1. The highest BCUT2D eigenvalue weighted by Gasteiger charge is 2.09. The van der Waals surface area contributed by atoms with Crippen LogP contribution in [0.1, 0.15) is 19.8 Å². The van der Waals surface area contributed by atoms with Gasteiger partial charge in [-0.15, -0.1) is 0 Å². The number of hydrogen-bond donors (Lipinski definition) is 0. The van der Waals surface area contributed by atoms with E-state index in [0.717, 1.165) is 11.3 Å². The number of oxazole rings is 1. The molecule has 0 aliphatic heterocycles. The second kappa shape index (κ2) is 9.64. The van der Waals surface area contributed by atoms with Crippen LogP contribution in [0.25, 0.3) is 11.1 Å². The van der Waals surface area contributed by atoms with Gasteiger partial charge in [0.25, 0.3) is 0 Å². The summed E-state index contributed by atoms with van der Waals surface area (Å²) in [5, 5.41) is 0. The van der Waals surface area contributed by atoms with E-state index >= 15 is 0 Å². The standard InChI is InChI=1S/C21H23NO6/c1-2-25-16-8-10-17(11-9-16)26-15-12-20(23)27-14-5-13-22-18-6-3-4-7-19(18)28-21(22)24/h3-4,6-11H,2,5,12-15H2,1H3. The Balaban J connectivity index is 1.35. The minimum atomic E-state index is -0.406. The zero-order valence-corrected chi connectivity index (χ0v) is 15.8. The fourth-order valence-electron chi connectivity index (χ4n) is 2.76. The second-order valence-electron chi connectivity index (χ2n) is 6.06. The van der Waals surface area contributed by atoms with Crippen LogP contribution in [-0.2, 0) is 16.1 Å². The summed E-state index contributed by atoms with van der Waals surface area (Å²) < 4.78 is 22.8. The minimum absolute atomic E-state index is 0.155. The van der Waals surface area contributed by atoms with Gasteiger partial charge in [0.2, 0.25) is 0 Å². The predicted octanol–water partition coefficient (Wildman–Crippen LogP) is 3.40. The lowest BCUT2D eigenvalue weighted by molar-refractivity contribution is -0.144. The molecule has 0 atom stereocenters. The van der Waals surface area contributed by atoms with E-state index in [1.807, 2.05) is 37.3 Å². The van der Waals surface area contributed by atoms with Gasteiger partial charge in [0.1, 0.15) is 11.5 Å². The van der Waals surface area contributed by atoms with Gasteiger partial charge in [-0.3, -0.25) is 9.36 Å². The number of hydrogen-bond acceptors (Lipinski definition) is 6. The molecule has 0 aliphatic rings. The van der Waals surface area contributed by atoms with Gasteiger partial charge in [0, 0.05) is 6.54 Å². The lowest BCUT2D eigenvalue weighted by Crippen LogP contribution is -2.16. The molecule has 0 saturated carbocycles. The van der Waals surface area contributed by atoms with E-state index in [4.69, 9.17) is 18.6 Å². The Labute approximate surface area is 162 Å². The molecule has 28 heavy (non-hydrogen) atoms. The summed E-state index contributed by atoms with van der Waals surface area (Å²) in [4.78, 5) is 23.7. The molecule has 0 radical (unpaired) electrons. The maximum absolute atomic E-state index is 11.9. The number of para-hydroxylation sites is 2. The van der Waals surface area contributed by atoms with Crippen LogP contribution in [0.5, 0.6) is 11.5 Å². The molecule has 3 aromatic rings. The molecule has 1 aromatic heterocycles. The van der Waals surface area contributed by atoms with E-state index in [1.165, 1.54) is 4.57 Å². The molecule has 0 fully saturated rings. The molecule has 0 aliphatic carbocycles. The fourth-order valence-corrected chi connectivity index (χ4v) is 2.76. The zero-order chi connectivity index (χ0) is 19.8. The smallest absolute Gasteiger partial charge is 0.419 e. The molecule has 3 rings (SSSR count). The molecule has 7 nitrogen and oxygen atoms in total. The summed E-state index contributed by atoms with van der Waals surface area (Å²) in [6, 6.07) is 14.5. The summed E-state index contributed by atoms with van der Waals surface area (Å²) in [6.07, 6.45) is 0.677. The normalized spacial score (nSPS) is 10.8. The number of ether oxygens (including phenoxy) is 3. The molecule has 0 bridgehead atoms. The molecule has 0 spiro atoms. The van der Waals surface area contributed by atoms with Crippen molar-refractivity contribution in [3.05, 3.63) is 59.1 Å². The number of benzene rings is 2. The lowest BCUT2D eigenvalue weighted by Gasteiger charge is -2.08. The van der Waals surface area contributed by atoms with Crippen molar-refractivity contribution in [1.82, 2.24) is 4.57 Å². The lowest BCUT2D eigenvalue weighted by atomic mass is 10.3. The topological polar surface area (TPSA) is 79.9 Å². The molecule has 0 saturated heterocycles. The molecular weight excluding hydrogens is 362 g/mol. The number of aryl methyl sites for hydroxylation is 1. The van der Waals surface area contributed by atoms with Crippen molar-refractivity contribution in [3.8, 4) is 11.5 Å². The molecule has 148 valence electrons. The third-order valence-electron chi connectivity index (χ3n) is 4.07. The zero-order valence-electron chi connectivity index (χ0n) is 15.8. The number of aromatic nitrogens is 1. The maximum atomic E-state index is 11.9. The van der Waals surface area contributed by atoms with Crippen LogP contribution in [0.2, 0.25) is 0 Å². The molecule has 0 N–H and O–H groups in total. The first-order chi connectivity index (χ1) is 13.7. The molecule has 1 heterocycles. The van der Waals surface area contributed by atoms with E-state index in [0.29, 0.717) is 30.9 Å². The summed E-state index contributed by atoms with van der Waals surface area (Å²) in [5.74, 6) is 0.702. The van der Waals surface area contributed by atoms with Crippen molar-refractivity contribution >= 4 is 17.1 Å². The second-order valence-corrected chi connectivity index (χ2v) is 6.06.